The molecule has 46 heavy (non-hydrogen) atoms. The molecule has 0 nitrogen and oxygen atoms in total. The molecule has 0 aliphatic heterocycles. The lowest BCUT2D eigenvalue weighted by molar-refractivity contribution is 0.568. The Bertz CT molecular complexity index is 1620. The summed E-state index contributed by atoms with van der Waals surface area (Å²) in [5, 5.41) is 4.94. The molecular weight excluding hydrogens is 601 g/mol. The zero-order chi connectivity index (χ0) is 34.8. The number of aryl methyl sites for hydroxylation is 2. The highest BCUT2D eigenvalue weighted by Crippen LogP contribution is 2.59. The molecule has 248 valence electrons. The largest absolute Gasteiger partial charge is 0.0775 e. The van der Waals surface area contributed by atoms with Crippen molar-refractivity contribution in [3.8, 4) is 0 Å². The SMILES string of the molecule is CC1=C(C)C(Cc2cc(C)cc(C)c2)([SiH2]c2cc([Si](C)(C)C)cc([Si](C)(C)C)c2)C(c2cc(C(C)(C)C)cc(C(C)(C)C)c2)=C1C. The predicted molar refractivity (Wildman–Crippen MR) is 218 cm³/mol. The molecule has 4 rings (SSSR count). The van der Waals surface area contributed by atoms with Crippen LogP contribution in [0, 0.1) is 13.8 Å². The van der Waals surface area contributed by atoms with Gasteiger partial charge in [-0.05, 0) is 90.8 Å². The van der Waals surface area contributed by atoms with E-state index in [-0.39, 0.29) is 15.9 Å². The van der Waals surface area contributed by atoms with E-state index in [9.17, 15) is 0 Å². The smallest absolute Gasteiger partial charge is 0.0658 e. The van der Waals surface area contributed by atoms with Gasteiger partial charge in [0.05, 0.1) is 25.7 Å². The van der Waals surface area contributed by atoms with Crippen LogP contribution in [0.1, 0.15) is 95.7 Å². The van der Waals surface area contributed by atoms with Gasteiger partial charge in [0, 0.05) is 5.04 Å². The maximum atomic E-state index is 2.67. The molecule has 1 unspecified atom stereocenters. The Labute approximate surface area is 288 Å². The maximum absolute atomic E-state index is 2.67. The highest BCUT2D eigenvalue weighted by atomic mass is 28.3. The second-order valence-electron chi connectivity index (χ2n) is 18.9. The van der Waals surface area contributed by atoms with E-state index in [1.807, 2.05) is 0 Å². The van der Waals surface area contributed by atoms with E-state index >= 15 is 0 Å². The summed E-state index contributed by atoms with van der Waals surface area (Å²) in [6, 6.07) is 22.8. The molecule has 3 heteroatoms. The highest BCUT2D eigenvalue weighted by molar-refractivity contribution is 6.92. The number of allylic oxidation sites excluding steroid dienone is 4. The van der Waals surface area contributed by atoms with Crippen molar-refractivity contribution in [1.29, 1.82) is 0 Å². The van der Waals surface area contributed by atoms with Crippen LogP contribution < -0.4 is 15.6 Å². The quantitative estimate of drug-likeness (QED) is 0.221. The first-order valence-electron chi connectivity index (χ1n) is 17.6. The maximum Gasteiger partial charge on any atom is 0.0775 e. The second kappa shape index (κ2) is 12.3. The Morgan fingerprint density at radius 1 is 0.565 bits per heavy atom. The van der Waals surface area contributed by atoms with Gasteiger partial charge in [0.25, 0.3) is 0 Å². The Kier molecular flexibility index (Phi) is 9.83. The molecule has 0 saturated carbocycles. The van der Waals surface area contributed by atoms with Gasteiger partial charge in [0.2, 0.25) is 0 Å². The third kappa shape index (κ3) is 7.58. The van der Waals surface area contributed by atoms with Crippen LogP contribution >= 0.6 is 0 Å². The fourth-order valence-electron chi connectivity index (χ4n) is 7.54. The van der Waals surface area contributed by atoms with Crippen LogP contribution in [-0.4, -0.2) is 25.7 Å². The summed E-state index contributed by atoms with van der Waals surface area (Å²) in [6.45, 7) is 41.3. The van der Waals surface area contributed by atoms with E-state index < -0.39 is 25.7 Å². The van der Waals surface area contributed by atoms with E-state index in [0.29, 0.717) is 0 Å². The van der Waals surface area contributed by atoms with Crippen molar-refractivity contribution in [1.82, 2.24) is 0 Å². The van der Waals surface area contributed by atoms with Crippen LogP contribution in [0.3, 0.4) is 0 Å². The van der Waals surface area contributed by atoms with Crippen molar-refractivity contribution in [3.63, 3.8) is 0 Å². The molecule has 1 aliphatic carbocycles. The Hall–Kier alpha value is -2.21. The summed E-state index contributed by atoms with van der Waals surface area (Å²) in [6.07, 6.45) is 1.07. The normalized spacial score (nSPS) is 18.5. The molecule has 0 bridgehead atoms. The molecule has 0 radical (unpaired) electrons. The number of hydrogen-bond acceptors (Lipinski definition) is 0. The Morgan fingerprint density at radius 3 is 1.43 bits per heavy atom. The van der Waals surface area contributed by atoms with Crippen LogP contribution in [-0.2, 0) is 17.3 Å². The molecule has 3 aromatic carbocycles. The lowest BCUT2D eigenvalue weighted by Gasteiger charge is -2.38. The van der Waals surface area contributed by atoms with Gasteiger partial charge in [-0.3, -0.25) is 0 Å². The Morgan fingerprint density at radius 2 is 1.02 bits per heavy atom. The average Bonchev–Trinajstić information content (AvgIpc) is 3.06. The van der Waals surface area contributed by atoms with Crippen molar-refractivity contribution < 1.29 is 0 Å². The summed E-state index contributed by atoms with van der Waals surface area (Å²) in [5.74, 6) is 0. The first kappa shape index (κ1) is 36.6. The van der Waals surface area contributed by atoms with Gasteiger partial charge in [-0.25, -0.2) is 0 Å². The zero-order valence-corrected chi connectivity index (χ0v) is 36.0. The van der Waals surface area contributed by atoms with Crippen molar-refractivity contribution in [2.45, 2.75) is 138 Å². The zero-order valence-electron chi connectivity index (χ0n) is 32.6. The standard InChI is InChI=1S/C43H64Si3/c1-28-18-29(2)20-33(19-28)27-43(44-37-24-38(45(12,13)14)26-39(25-37)46(15,16)17)32(5)30(3)31(4)40(43)34-21-35(41(6,7)8)23-36(22-34)42(9,10)11/h18-26H,27,44H2,1-17H3. The van der Waals surface area contributed by atoms with E-state index in [0.717, 1.165) is 6.42 Å². The monoisotopic (exact) mass is 664 g/mol. The van der Waals surface area contributed by atoms with Crippen molar-refractivity contribution >= 4 is 46.8 Å². The first-order chi connectivity index (χ1) is 20.8. The number of rotatable bonds is 7. The van der Waals surface area contributed by atoms with Gasteiger partial charge in [0.1, 0.15) is 0 Å². The molecule has 0 saturated heterocycles. The van der Waals surface area contributed by atoms with Gasteiger partial charge in [-0.2, -0.15) is 0 Å². The minimum Gasteiger partial charge on any atom is -0.0658 e. The summed E-state index contributed by atoms with van der Waals surface area (Å²) in [4.78, 5) is 0. The van der Waals surface area contributed by atoms with E-state index in [2.05, 4.69) is 170 Å². The molecule has 1 atom stereocenters. The second-order valence-corrected chi connectivity index (χ2v) is 31.4. The van der Waals surface area contributed by atoms with Gasteiger partial charge >= 0.3 is 0 Å². The van der Waals surface area contributed by atoms with Gasteiger partial charge in [-0.15, -0.1) is 0 Å². The minimum absolute atomic E-state index is 0.00876. The van der Waals surface area contributed by atoms with Crippen LogP contribution in [0.4, 0.5) is 0 Å². The van der Waals surface area contributed by atoms with Crippen molar-refractivity contribution in [3.05, 3.63) is 105 Å². The highest BCUT2D eigenvalue weighted by Gasteiger charge is 2.44. The van der Waals surface area contributed by atoms with Gasteiger partial charge < -0.3 is 0 Å². The molecule has 0 fully saturated rings. The Balaban J connectivity index is 2.10. The van der Waals surface area contributed by atoms with Crippen LogP contribution in [0.15, 0.2) is 71.3 Å². The topological polar surface area (TPSA) is 0 Å². The molecular formula is C43H64Si3. The molecule has 0 spiro atoms. The molecule has 3 aromatic rings. The van der Waals surface area contributed by atoms with Crippen LogP contribution in [0.5, 0.6) is 0 Å². The van der Waals surface area contributed by atoms with E-state index in [1.54, 1.807) is 26.7 Å². The third-order valence-corrected chi connectivity index (χ3v) is 17.3. The number of benzene rings is 3. The molecule has 0 heterocycles. The summed E-state index contributed by atoms with van der Waals surface area (Å²) in [7, 11) is -3.85. The van der Waals surface area contributed by atoms with Crippen molar-refractivity contribution in [2.75, 3.05) is 0 Å². The lowest BCUT2D eigenvalue weighted by Crippen LogP contribution is -2.49. The first-order valence-corrected chi connectivity index (χ1v) is 26.0. The summed E-state index contributed by atoms with van der Waals surface area (Å²) in [5.41, 5.74) is 15.0. The predicted octanol–water partition coefficient (Wildman–Crippen LogP) is 10.0. The average molecular weight is 665 g/mol. The minimum atomic E-state index is -1.51. The van der Waals surface area contributed by atoms with Crippen LogP contribution in [0.25, 0.3) is 5.57 Å². The van der Waals surface area contributed by atoms with Gasteiger partial charge in [-0.1, -0.05) is 168 Å². The fourth-order valence-corrected chi connectivity index (χ4v) is 13.4. The summed E-state index contributed by atoms with van der Waals surface area (Å²) >= 11 is 0. The molecule has 1 aliphatic rings. The number of hydrogen-bond donors (Lipinski definition) is 0. The molecule has 0 amide bonds. The van der Waals surface area contributed by atoms with Gasteiger partial charge in [0.15, 0.2) is 0 Å². The fraction of sp³-hybridized carbons (Fsp3) is 0.488. The van der Waals surface area contributed by atoms with Crippen LogP contribution in [0.2, 0.25) is 44.3 Å². The van der Waals surface area contributed by atoms with E-state index in [4.69, 9.17) is 0 Å². The molecule has 0 N–H and O–H groups in total. The van der Waals surface area contributed by atoms with Crippen molar-refractivity contribution in [2.24, 2.45) is 0 Å². The third-order valence-electron chi connectivity index (χ3n) is 10.7. The summed E-state index contributed by atoms with van der Waals surface area (Å²) < 4.78 is 0. The lowest BCUT2D eigenvalue weighted by atomic mass is 9.76. The van der Waals surface area contributed by atoms with E-state index in [1.165, 1.54) is 44.5 Å². The molecule has 0 aromatic heterocycles.